The molecule has 1 N–H and O–H groups in total. The molecule has 2 rings (SSSR count). The summed E-state index contributed by atoms with van der Waals surface area (Å²) < 4.78 is 1.21. The first-order valence-corrected chi connectivity index (χ1v) is 7.85. The summed E-state index contributed by atoms with van der Waals surface area (Å²) in [6.07, 6.45) is 1.09. The van der Waals surface area contributed by atoms with E-state index in [2.05, 4.69) is 71.7 Å². The molecule has 0 radical (unpaired) electrons. The van der Waals surface area contributed by atoms with Gasteiger partial charge in [0, 0.05) is 15.0 Å². The lowest BCUT2D eigenvalue weighted by Crippen LogP contribution is -2.08. The van der Waals surface area contributed by atoms with Crippen LogP contribution in [0.25, 0.3) is 0 Å². The van der Waals surface area contributed by atoms with Crippen LogP contribution in [0.1, 0.15) is 35.4 Å². The number of halogens is 1. The molecule has 96 valence electrons. The van der Waals surface area contributed by atoms with Crippen molar-refractivity contribution in [1.29, 1.82) is 0 Å². The van der Waals surface area contributed by atoms with E-state index >= 15 is 0 Å². The molecule has 0 bridgehead atoms. The summed E-state index contributed by atoms with van der Waals surface area (Å²) in [6.45, 7) is 6.48. The van der Waals surface area contributed by atoms with Crippen molar-refractivity contribution >= 4 is 33.0 Å². The highest BCUT2D eigenvalue weighted by Crippen LogP contribution is 2.30. The highest BCUT2D eigenvalue weighted by Gasteiger charge is 2.11. The van der Waals surface area contributed by atoms with E-state index in [0.717, 1.165) is 6.42 Å². The van der Waals surface area contributed by atoms with Crippen LogP contribution in [0.2, 0.25) is 0 Å². The second kappa shape index (κ2) is 5.89. The first-order chi connectivity index (χ1) is 8.61. The number of hydrogen-bond acceptors (Lipinski definition) is 2. The predicted octanol–water partition coefficient (Wildman–Crippen LogP) is 5.69. The summed E-state index contributed by atoms with van der Waals surface area (Å²) in [5.41, 5.74) is 3.76. The van der Waals surface area contributed by atoms with Gasteiger partial charge in [-0.15, -0.1) is 11.3 Å². The summed E-state index contributed by atoms with van der Waals surface area (Å²) in [4.78, 5) is 1.40. The van der Waals surface area contributed by atoms with Gasteiger partial charge < -0.3 is 5.32 Å². The Morgan fingerprint density at radius 3 is 2.44 bits per heavy atom. The van der Waals surface area contributed by atoms with Gasteiger partial charge in [-0.2, -0.15) is 0 Å². The van der Waals surface area contributed by atoms with Gasteiger partial charge in [-0.25, -0.2) is 0 Å². The maximum Gasteiger partial charge on any atom is 0.0604 e. The molecule has 0 saturated heterocycles. The molecule has 0 amide bonds. The van der Waals surface area contributed by atoms with Gasteiger partial charge in [0.25, 0.3) is 0 Å². The minimum atomic E-state index is 0.407. The lowest BCUT2D eigenvalue weighted by atomic mass is 10.1. The van der Waals surface area contributed by atoms with E-state index in [0.29, 0.717) is 6.04 Å². The molecular formula is C15H18BrNS. The Hall–Kier alpha value is -0.800. The molecule has 1 nitrogen and oxygen atoms in total. The van der Waals surface area contributed by atoms with Crippen LogP contribution in [0.15, 0.2) is 34.1 Å². The molecule has 0 spiro atoms. The van der Waals surface area contributed by atoms with Crippen LogP contribution < -0.4 is 5.32 Å². The van der Waals surface area contributed by atoms with Crippen molar-refractivity contribution in [3.05, 3.63) is 50.1 Å². The lowest BCUT2D eigenvalue weighted by Gasteiger charge is -2.18. The van der Waals surface area contributed by atoms with Crippen LogP contribution in [-0.4, -0.2) is 0 Å². The summed E-state index contributed by atoms with van der Waals surface area (Å²) in [7, 11) is 0. The Morgan fingerprint density at radius 2 is 1.94 bits per heavy atom. The molecule has 2 aromatic rings. The molecule has 0 fully saturated rings. The zero-order valence-electron chi connectivity index (χ0n) is 11.0. The summed E-state index contributed by atoms with van der Waals surface area (Å²) in [6, 6.07) is 9.12. The molecule has 1 atom stereocenters. The van der Waals surface area contributed by atoms with Crippen molar-refractivity contribution in [2.75, 3.05) is 5.32 Å². The van der Waals surface area contributed by atoms with Crippen molar-refractivity contribution in [2.24, 2.45) is 0 Å². The standard InChI is InChI=1S/C15H18BrNS/c1-4-13(14-6-5-7-18-14)17-12-8-10(2)15(16)11(3)9-12/h5-9,13,17H,4H2,1-3H3. The van der Waals surface area contributed by atoms with E-state index in [9.17, 15) is 0 Å². The molecule has 1 heterocycles. The van der Waals surface area contributed by atoms with Gasteiger partial charge in [0.2, 0.25) is 0 Å². The fourth-order valence-electron chi connectivity index (χ4n) is 2.09. The van der Waals surface area contributed by atoms with Crippen molar-refractivity contribution in [2.45, 2.75) is 33.2 Å². The van der Waals surface area contributed by atoms with Crippen molar-refractivity contribution in [1.82, 2.24) is 0 Å². The second-order valence-corrected chi connectivity index (χ2v) is 6.32. The molecule has 0 aliphatic heterocycles. The van der Waals surface area contributed by atoms with E-state index in [1.54, 1.807) is 0 Å². The molecule has 0 aliphatic carbocycles. The van der Waals surface area contributed by atoms with Crippen LogP contribution in [0.4, 0.5) is 5.69 Å². The monoisotopic (exact) mass is 323 g/mol. The third kappa shape index (κ3) is 2.96. The summed E-state index contributed by atoms with van der Waals surface area (Å²) in [5, 5.41) is 5.77. The molecular weight excluding hydrogens is 306 g/mol. The molecule has 3 heteroatoms. The average Bonchev–Trinajstić information content (AvgIpc) is 2.86. The third-order valence-electron chi connectivity index (χ3n) is 3.07. The molecule has 1 aromatic heterocycles. The quantitative estimate of drug-likeness (QED) is 0.762. The largest absolute Gasteiger partial charge is 0.377 e. The van der Waals surface area contributed by atoms with Gasteiger partial charge >= 0.3 is 0 Å². The van der Waals surface area contributed by atoms with Crippen LogP contribution >= 0.6 is 27.3 Å². The Morgan fingerprint density at radius 1 is 1.28 bits per heavy atom. The lowest BCUT2D eigenvalue weighted by molar-refractivity contribution is 0.763. The molecule has 0 saturated carbocycles. The SMILES string of the molecule is CCC(Nc1cc(C)c(Br)c(C)c1)c1cccs1. The van der Waals surface area contributed by atoms with Gasteiger partial charge in [0.15, 0.2) is 0 Å². The fraction of sp³-hybridized carbons (Fsp3) is 0.333. The van der Waals surface area contributed by atoms with E-state index in [1.807, 2.05) is 11.3 Å². The number of nitrogens with one attached hydrogen (secondary N) is 1. The fourth-order valence-corrected chi connectivity index (χ4v) is 3.18. The number of aryl methyl sites for hydroxylation is 2. The smallest absolute Gasteiger partial charge is 0.0604 e. The second-order valence-electron chi connectivity index (χ2n) is 4.54. The maximum atomic E-state index is 3.63. The predicted molar refractivity (Wildman–Crippen MR) is 84.6 cm³/mol. The van der Waals surface area contributed by atoms with E-state index in [-0.39, 0.29) is 0 Å². The van der Waals surface area contributed by atoms with E-state index < -0.39 is 0 Å². The van der Waals surface area contributed by atoms with Crippen LogP contribution in [0.5, 0.6) is 0 Å². The number of hydrogen-bond donors (Lipinski definition) is 1. The summed E-state index contributed by atoms with van der Waals surface area (Å²) in [5.74, 6) is 0. The van der Waals surface area contributed by atoms with Crippen LogP contribution in [0.3, 0.4) is 0 Å². The van der Waals surface area contributed by atoms with E-state index in [4.69, 9.17) is 0 Å². The van der Waals surface area contributed by atoms with Gasteiger partial charge in [-0.05, 0) is 55.0 Å². The van der Waals surface area contributed by atoms with Crippen LogP contribution in [0, 0.1) is 13.8 Å². The molecule has 18 heavy (non-hydrogen) atoms. The van der Waals surface area contributed by atoms with E-state index in [1.165, 1.54) is 26.2 Å². The molecule has 1 aromatic carbocycles. The Kier molecular flexibility index (Phi) is 4.46. The Balaban J connectivity index is 2.23. The highest BCUT2D eigenvalue weighted by atomic mass is 79.9. The maximum absolute atomic E-state index is 3.63. The average molecular weight is 324 g/mol. The van der Waals surface area contributed by atoms with Crippen molar-refractivity contribution in [3.8, 4) is 0 Å². The minimum Gasteiger partial charge on any atom is -0.377 e. The first-order valence-electron chi connectivity index (χ1n) is 6.18. The topological polar surface area (TPSA) is 12.0 Å². The zero-order valence-corrected chi connectivity index (χ0v) is 13.4. The number of anilines is 1. The normalized spacial score (nSPS) is 12.4. The van der Waals surface area contributed by atoms with Crippen molar-refractivity contribution < 1.29 is 0 Å². The molecule has 1 unspecified atom stereocenters. The Bertz CT molecular complexity index is 496. The number of benzene rings is 1. The number of thiophene rings is 1. The van der Waals surface area contributed by atoms with Gasteiger partial charge in [0.1, 0.15) is 0 Å². The van der Waals surface area contributed by atoms with Crippen molar-refractivity contribution in [3.63, 3.8) is 0 Å². The summed E-state index contributed by atoms with van der Waals surface area (Å²) >= 11 is 5.42. The Labute approximate surface area is 121 Å². The zero-order chi connectivity index (χ0) is 13.1. The highest BCUT2D eigenvalue weighted by molar-refractivity contribution is 9.10. The van der Waals surface area contributed by atoms with Gasteiger partial charge in [-0.1, -0.05) is 28.9 Å². The van der Waals surface area contributed by atoms with Gasteiger partial charge in [0.05, 0.1) is 6.04 Å². The third-order valence-corrected chi connectivity index (χ3v) is 5.31. The first kappa shape index (κ1) is 13.6. The van der Waals surface area contributed by atoms with Gasteiger partial charge in [-0.3, -0.25) is 0 Å². The number of rotatable bonds is 4. The molecule has 0 aliphatic rings. The minimum absolute atomic E-state index is 0.407. The van der Waals surface area contributed by atoms with Crippen LogP contribution in [-0.2, 0) is 0 Å².